The second-order valence-electron chi connectivity index (χ2n) is 5.69. The van der Waals surface area contributed by atoms with Crippen LogP contribution in [0.4, 0.5) is 0 Å². The third-order valence-corrected chi connectivity index (χ3v) is 3.33. The van der Waals surface area contributed by atoms with Gasteiger partial charge in [0.05, 0.1) is 6.61 Å². The third-order valence-electron chi connectivity index (χ3n) is 3.33. The Hall–Kier alpha value is -2.46. The summed E-state index contributed by atoms with van der Waals surface area (Å²) >= 11 is 0. The number of carbonyl (C=O) groups excluding carboxylic acids is 4. The van der Waals surface area contributed by atoms with Gasteiger partial charge < -0.3 is 28.4 Å². The zero-order chi connectivity index (χ0) is 20.6. The molecule has 5 atom stereocenters. The fourth-order valence-corrected chi connectivity index (χ4v) is 2.49. The van der Waals surface area contributed by atoms with Gasteiger partial charge in [-0.1, -0.05) is 6.08 Å². The minimum atomic E-state index is -1.24. The van der Waals surface area contributed by atoms with E-state index in [1.807, 2.05) is 0 Å². The van der Waals surface area contributed by atoms with Crippen molar-refractivity contribution in [2.45, 2.75) is 58.4 Å². The van der Waals surface area contributed by atoms with E-state index in [1.54, 1.807) is 0 Å². The zero-order valence-corrected chi connectivity index (χ0v) is 15.7. The fourth-order valence-electron chi connectivity index (χ4n) is 2.49. The maximum atomic E-state index is 11.6. The molecule has 0 spiro atoms. The van der Waals surface area contributed by atoms with Gasteiger partial charge in [0, 0.05) is 27.7 Å². The summed E-state index contributed by atoms with van der Waals surface area (Å²) < 4.78 is 31.7. The molecule has 0 aromatic rings. The van der Waals surface area contributed by atoms with E-state index >= 15 is 0 Å². The molecule has 1 rings (SSSR count). The van der Waals surface area contributed by atoms with Gasteiger partial charge in [-0.15, -0.1) is 6.58 Å². The molecule has 0 aromatic carbocycles. The Labute approximate surface area is 156 Å². The van der Waals surface area contributed by atoms with Crippen LogP contribution < -0.4 is 0 Å². The lowest BCUT2D eigenvalue weighted by Crippen LogP contribution is -2.62. The lowest BCUT2D eigenvalue weighted by atomic mass is 9.98. The summed E-state index contributed by atoms with van der Waals surface area (Å²) in [5.74, 6) is -2.67. The lowest BCUT2D eigenvalue weighted by molar-refractivity contribution is -0.305. The molecular formula is C17H24O10. The first-order chi connectivity index (χ1) is 12.6. The number of hydrogen-bond acceptors (Lipinski definition) is 10. The van der Waals surface area contributed by atoms with Crippen LogP contribution in [0.2, 0.25) is 0 Å². The van der Waals surface area contributed by atoms with Crippen molar-refractivity contribution in [2.24, 2.45) is 0 Å². The number of carbonyl (C=O) groups is 4. The van der Waals surface area contributed by atoms with Crippen LogP contribution in [0, 0.1) is 0 Å². The summed E-state index contributed by atoms with van der Waals surface area (Å²) in [4.78, 5) is 45.8. The van der Waals surface area contributed by atoms with Crippen molar-refractivity contribution < 1.29 is 47.6 Å². The van der Waals surface area contributed by atoms with Crippen molar-refractivity contribution in [1.29, 1.82) is 0 Å². The Morgan fingerprint density at radius 3 is 1.85 bits per heavy atom. The topological polar surface area (TPSA) is 124 Å². The summed E-state index contributed by atoms with van der Waals surface area (Å²) in [5, 5.41) is 0. The SMILES string of the molecule is C=CCO[C@H]1OC(COC(C)=O)[C@H](OC(C)=O)C(OC(C)=O)C1OC(C)=O. The van der Waals surface area contributed by atoms with Crippen molar-refractivity contribution >= 4 is 23.9 Å². The molecule has 1 aliphatic rings. The van der Waals surface area contributed by atoms with Crippen LogP contribution in [-0.2, 0) is 47.6 Å². The number of esters is 4. The first-order valence-electron chi connectivity index (χ1n) is 8.18. The van der Waals surface area contributed by atoms with Crippen LogP contribution in [0.25, 0.3) is 0 Å². The monoisotopic (exact) mass is 388 g/mol. The summed E-state index contributed by atoms with van der Waals surface area (Å²) in [7, 11) is 0. The van der Waals surface area contributed by atoms with Crippen LogP contribution in [0.1, 0.15) is 27.7 Å². The highest BCUT2D eigenvalue weighted by atomic mass is 16.7. The molecule has 0 bridgehead atoms. The molecule has 1 heterocycles. The summed E-state index contributed by atoms with van der Waals surface area (Å²) in [6.45, 7) is 7.90. The minimum Gasteiger partial charge on any atom is -0.463 e. The lowest BCUT2D eigenvalue weighted by Gasteiger charge is -2.43. The second kappa shape index (κ2) is 10.6. The summed E-state index contributed by atoms with van der Waals surface area (Å²) in [5.41, 5.74) is 0. The van der Waals surface area contributed by atoms with Crippen molar-refractivity contribution in [3.63, 3.8) is 0 Å². The first-order valence-corrected chi connectivity index (χ1v) is 8.18. The highest BCUT2D eigenvalue weighted by molar-refractivity contribution is 5.68. The zero-order valence-electron chi connectivity index (χ0n) is 15.7. The third kappa shape index (κ3) is 7.35. The van der Waals surface area contributed by atoms with E-state index in [0.29, 0.717) is 0 Å². The number of rotatable bonds is 8. The molecule has 1 saturated heterocycles. The van der Waals surface area contributed by atoms with E-state index in [2.05, 4.69) is 6.58 Å². The highest BCUT2D eigenvalue weighted by Crippen LogP contribution is 2.29. The molecule has 0 radical (unpaired) electrons. The molecular weight excluding hydrogens is 364 g/mol. The van der Waals surface area contributed by atoms with Gasteiger partial charge >= 0.3 is 23.9 Å². The number of ether oxygens (including phenoxy) is 6. The van der Waals surface area contributed by atoms with Gasteiger partial charge in [-0.2, -0.15) is 0 Å². The average molecular weight is 388 g/mol. The van der Waals surface area contributed by atoms with E-state index in [0.717, 1.165) is 20.8 Å². The molecule has 0 saturated carbocycles. The first kappa shape index (κ1) is 22.6. The van der Waals surface area contributed by atoms with Gasteiger partial charge in [-0.3, -0.25) is 19.2 Å². The van der Waals surface area contributed by atoms with Gasteiger partial charge in [0.2, 0.25) is 0 Å². The Balaban J connectivity index is 3.24. The Morgan fingerprint density at radius 1 is 0.852 bits per heavy atom. The van der Waals surface area contributed by atoms with Crippen molar-refractivity contribution in [3.8, 4) is 0 Å². The van der Waals surface area contributed by atoms with E-state index in [4.69, 9.17) is 28.4 Å². The number of hydrogen-bond donors (Lipinski definition) is 0. The molecule has 152 valence electrons. The molecule has 0 amide bonds. The van der Waals surface area contributed by atoms with Crippen LogP contribution in [0.15, 0.2) is 12.7 Å². The normalized spacial score (nSPS) is 27.2. The van der Waals surface area contributed by atoms with Crippen molar-refractivity contribution in [3.05, 3.63) is 12.7 Å². The maximum absolute atomic E-state index is 11.6. The molecule has 3 unspecified atom stereocenters. The van der Waals surface area contributed by atoms with Crippen molar-refractivity contribution in [1.82, 2.24) is 0 Å². The molecule has 1 aliphatic heterocycles. The van der Waals surface area contributed by atoms with Gasteiger partial charge in [0.1, 0.15) is 12.7 Å². The van der Waals surface area contributed by atoms with Gasteiger partial charge in [0.15, 0.2) is 24.6 Å². The molecule has 0 N–H and O–H groups in total. The van der Waals surface area contributed by atoms with Crippen LogP contribution in [0.3, 0.4) is 0 Å². The Morgan fingerprint density at radius 2 is 1.37 bits per heavy atom. The standard InChI is InChI=1S/C17H24O10/c1-6-7-22-17-16(26-12(5)21)15(25-11(4)20)14(24-10(3)19)13(27-17)8-23-9(2)18/h6,13-17H,1,7-8H2,2-5H3/t13?,14-,15?,16?,17-/m0/s1. The van der Waals surface area contributed by atoms with E-state index in [9.17, 15) is 19.2 Å². The predicted octanol–water partition coefficient (Wildman–Crippen LogP) is 0.272. The van der Waals surface area contributed by atoms with Crippen LogP contribution in [0.5, 0.6) is 0 Å². The minimum absolute atomic E-state index is 0.0355. The fraction of sp³-hybridized carbons (Fsp3) is 0.647. The smallest absolute Gasteiger partial charge is 0.303 e. The summed E-state index contributed by atoms with van der Waals surface area (Å²) in [6.07, 6.45) is -4.41. The largest absolute Gasteiger partial charge is 0.463 e. The van der Waals surface area contributed by atoms with Gasteiger partial charge in [0.25, 0.3) is 0 Å². The molecule has 0 aromatic heterocycles. The van der Waals surface area contributed by atoms with E-state index < -0.39 is 54.6 Å². The van der Waals surface area contributed by atoms with E-state index in [-0.39, 0.29) is 13.2 Å². The molecule has 10 heteroatoms. The molecule has 10 nitrogen and oxygen atoms in total. The predicted molar refractivity (Wildman–Crippen MR) is 88.1 cm³/mol. The van der Waals surface area contributed by atoms with Crippen LogP contribution in [-0.4, -0.2) is 67.8 Å². The molecule has 27 heavy (non-hydrogen) atoms. The van der Waals surface area contributed by atoms with Crippen molar-refractivity contribution in [2.75, 3.05) is 13.2 Å². The van der Waals surface area contributed by atoms with E-state index in [1.165, 1.54) is 13.0 Å². The Bertz CT molecular complexity index is 572. The second-order valence-corrected chi connectivity index (χ2v) is 5.69. The van der Waals surface area contributed by atoms with Gasteiger partial charge in [-0.25, -0.2) is 0 Å². The molecule has 0 aliphatic carbocycles. The average Bonchev–Trinajstić information content (AvgIpc) is 2.54. The molecule has 1 fully saturated rings. The Kier molecular flexibility index (Phi) is 8.89. The van der Waals surface area contributed by atoms with Crippen LogP contribution >= 0.6 is 0 Å². The summed E-state index contributed by atoms with van der Waals surface area (Å²) in [6, 6.07) is 0. The quantitative estimate of drug-likeness (QED) is 0.325. The maximum Gasteiger partial charge on any atom is 0.303 e. The highest BCUT2D eigenvalue weighted by Gasteiger charge is 2.52. The van der Waals surface area contributed by atoms with Gasteiger partial charge in [-0.05, 0) is 0 Å².